The summed E-state index contributed by atoms with van der Waals surface area (Å²) < 4.78 is 5.12. The van der Waals surface area contributed by atoms with E-state index in [-0.39, 0.29) is 12.2 Å². The molecule has 0 aliphatic rings. The molecule has 0 fully saturated rings. The Morgan fingerprint density at radius 1 is 1.30 bits per heavy atom. The maximum absolute atomic E-state index is 11.0. The molecule has 0 aromatic heterocycles. The minimum absolute atomic E-state index is 0.00731. The monoisotopic (exact) mass is 292 g/mol. The smallest absolute Gasteiger partial charge is 0.275 e. The van der Waals surface area contributed by atoms with Crippen LogP contribution in [-0.4, -0.2) is 12.0 Å². The first-order valence-corrected chi connectivity index (χ1v) is 6.29. The van der Waals surface area contributed by atoms with E-state index in [9.17, 15) is 10.1 Å². The summed E-state index contributed by atoms with van der Waals surface area (Å²) in [6, 6.07) is 12.0. The molecule has 5 nitrogen and oxygen atoms in total. The number of nitrogens with zero attached hydrogens (tertiary/aromatic N) is 1. The predicted octanol–water partition coefficient (Wildman–Crippen LogP) is 3.87. The van der Waals surface area contributed by atoms with Crippen molar-refractivity contribution < 1.29 is 9.66 Å². The van der Waals surface area contributed by atoms with E-state index in [1.165, 1.54) is 6.07 Å². The van der Waals surface area contributed by atoms with E-state index in [2.05, 4.69) is 5.32 Å². The zero-order valence-electron chi connectivity index (χ0n) is 10.8. The minimum atomic E-state index is -0.436. The van der Waals surface area contributed by atoms with Crippen LogP contribution in [0.15, 0.2) is 42.5 Å². The van der Waals surface area contributed by atoms with Gasteiger partial charge in [-0.3, -0.25) is 10.1 Å². The lowest BCUT2D eigenvalue weighted by Gasteiger charge is -2.09. The Morgan fingerprint density at radius 3 is 2.75 bits per heavy atom. The van der Waals surface area contributed by atoms with Gasteiger partial charge in [0.15, 0.2) is 0 Å². The Bertz CT molecular complexity index is 632. The summed E-state index contributed by atoms with van der Waals surface area (Å²) in [5, 5.41) is 14.5. The molecule has 0 spiro atoms. The summed E-state index contributed by atoms with van der Waals surface area (Å²) in [7, 11) is 1.58. The van der Waals surface area contributed by atoms with Crippen molar-refractivity contribution in [1.82, 2.24) is 0 Å². The maximum atomic E-state index is 11.0. The van der Waals surface area contributed by atoms with Gasteiger partial charge in [0.1, 0.15) is 5.75 Å². The zero-order valence-corrected chi connectivity index (χ0v) is 11.6. The molecule has 0 bridgehead atoms. The first-order valence-electron chi connectivity index (χ1n) is 5.91. The second kappa shape index (κ2) is 6.25. The third-order valence-electron chi connectivity index (χ3n) is 2.83. The van der Waals surface area contributed by atoms with Gasteiger partial charge in [-0.1, -0.05) is 23.7 Å². The highest BCUT2D eigenvalue weighted by atomic mass is 35.5. The summed E-state index contributed by atoms with van der Waals surface area (Å²) >= 11 is 6.03. The van der Waals surface area contributed by atoms with Gasteiger partial charge in [-0.25, -0.2) is 0 Å². The van der Waals surface area contributed by atoms with Crippen LogP contribution in [0.2, 0.25) is 5.02 Å². The molecule has 1 N–H and O–H groups in total. The van der Waals surface area contributed by atoms with Crippen molar-refractivity contribution in [2.45, 2.75) is 6.54 Å². The maximum Gasteiger partial charge on any atom is 0.275 e. The van der Waals surface area contributed by atoms with Crippen LogP contribution in [-0.2, 0) is 6.54 Å². The van der Waals surface area contributed by atoms with Crippen LogP contribution in [0.25, 0.3) is 0 Å². The van der Waals surface area contributed by atoms with Gasteiger partial charge in [0.25, 0.3) is 5.69 Å². The molecule has 2 aromatic rings. The quantitative estimate of drug-likeness (QED) is 0.671. The number of ether oxygens (including phenoxy) is 1. The third-order valence-corrected chi connectivity index (χ3v) is 3.18. The van der Waals surface area contributed by atoms with Crippen molar-refractivity contribution in [2.75, 3.05) is 12.4 Å². The Labute approximate surface area is 121 Å². The summed E-state index contributed by atoms with van der Waals surface area (Å²) in [5.74, 6) is 0.712. The second-order valence-electron chi connectivity index (χ2n) is 4.08. The Morgan fingerprint density at radius 2 is 2.05 bits per heavy atom. The fraction of sp³-hybridized carbons (Fsp3) is 0.143. The molecule has 0 unspecified atom stereocenters. The number of benzene rings is 2. The van der Waals surface area contributed by atoms with E-state index in [0.717, 1.165) is 5.69 Å². The number of hydrogen-bond acceptors (Lipinski definition) is 4. The molecule has 2 rings (SSSR count). The summed E-state index contributed by atoms with van der Waals surface area (Å²) in [5.41, 5.74) is 1.27. The van der Waals surface area contributed by atoms with E-state index >= 15 is 0 Å². The molecule has 0 heterocycles. The van der Waals surface area contributed by atoms with Crippen LogP contribution < -0.4 is 10.1 Å². The van der Waals surface area contributed by atoms with Crippen LogP contribution in [0.1, 0.15) is 5.56 Å². The van der Waals surface area contributed by atoms with E-state index in [4.69, 9.17) is 16.3 Å². The van der Waals surface area contributed by atoms with E-state index in [0.29, 0.717) is 16.3 Å². The topological polar surface area (TPSA) is 64.4 Å². The molecule has 0 radical (unpaired) electrons. The van der Waals surface area contributed by atoms with Crippen LogP contribution in [0.3, 0.4) is 0 Å². The molecule has 0 saturated carbocycles. The second-order valence-corrected chi connectivity index (χ2v) is 4.49. The number of halogens is 1. The van der Waals surface area contributed by atoms with Crippen molar-refractivity contribution in [2.24, 2.45) is 0 Å². The lowest BCUT2D eigenvalue weighted by atomic mass is 10.1. The minimum Gasteiger partial charge on any atom is -0.497 e. The van der Waals surface area contributed by atoms with Gasteiger partial charge >= 0.3 is 0 Å². The van der Waals surface area contributed by atoms with Gasteiger partial charge < -0.3 is 10.1 Å². The van der Waals surface area contributed by atoms with Crippen molar-refractivity contribution >= 4 is 23.0 Å². The highest BCUT2D eigenvalue weighted by molar-refractivity contribution is 6.31. The fourth-order valence-corrected chi connectivity index (χ4v) is 2.05. The summed E-state index contributed by atoms with van der Waals surface area (Å²) in [4.78, 5) is 10.5. The predicted molar refractivity (Wildman–Crippen MR) is 78.4 cm³/mol. The fourth-order valence-electron chi connectivity index (χ4n) is 1.82. The van der Waals surface area contributed by atoms with Crippen molar-refractivity contribution in [1.29, 1.82) is 0 Å². The normalized spacial score (nSPS) is 10.1. The van der Waals surface area contributed by atoms with Crippen LogP contribution in [0.4, 0.5) is 11.4 Å². The van der Waals surface area contributed by atoms with Gasteiger partial charge in [-0.05, 0) is 18.2 Å². The molecule has 104 valence electrons. The lowest BCUT2D eigenvalue weighted by Crippen LogP contribution is -2.04. The Balaban J connectivity index is 2.20. The number of hydrogen-bond donors (Lipinski definition) is 1. The molecule has 20 heavy (non-hydrogen) atoms. The van der Waals surface area contributed by atoms with Crippen molar-refractivity contribution in [3.63, 3.8) is 0 Å². The average Bonchev–Trinajstić information content (AvgIpc) is 2.45. The van der Waals surface area contributed by atoms with Crippen LogP contribution in [0.5, 0.6) is 5.75 Å². The standard InChI is InChI=1S/C14H13ClN2O3/c1-20-11-5-2-4-10(8-11)16-9-12-13(15)6-3-7-14(12)17(18)19/h2-8,16H,9H2,1H3. The Kier molecular flexibility index (Phi) is 4.42. The van der Waals surface area contributed by atoms with E-state index in [1.54, 1.807) is 19.2 Å². The van der Waals surface area contributed by atoms with E-state index < -0.39 is 4.92 Å². The number of anilines is 1. The van der Waals surface area contributed by atoms with Gasteiger partial charge in [-0.2, -0.15) is 0 Å². The number of nitro benzene ring substituents is 1. The number of nitro groups is 1. The Hall–Kier alpha value is -2.27. The largest absolute Gasteiger partial charge is 0.497 e. The SMILES string of the molecule is COc1cccc(NCc2c(Cl)cccc2[N+](=O)[O-])c1. The summed E-state index contributed by atoms with van der Waals surface area (Å²) in [6.07, 6.45) is 0. The van der Waals surface area contributed by atoms with Gasteiger partial charge in [-0.15, -0.1) is 0 Å². The van der Waals surface area contributed by atoms with Gasteiger partial charge in [0.2, 0.25) is 0 Å². The molecular formula is C14H13ClN2O3. The number of rotatable bonds is 5. The molecule has 0 amide bonds. The first-order chi connectivity index (χ1) is 9.61. The van der Waals surface area contributed by atoms with E-state index in [1.807, 2.05) is 24.3 Å². The molecule has 0 saturated heterocycles. The van der Waals surface area contributed by atoms with Crippen molar-refractivity contribution in [3.8, 4) is 5.75 Å². The highest BCUT2D eigenvalue weighted by Crippen LogP contribution is 2.27. The number of nitrogens with one attached hydrogen (secondary N) is 1. The average molecular weight is 293 g/mol. The van der Waals surface area contributed by atoms with Gasteiger partial charge in [0.05, 0.1) is 22.6 Å². The molecule has 0 aliphatic carbocycles. The molecule has 6 heteroatoms. The molecular weight excluding hydrogens is 280 g/mol. The molecule has 0 aliphatic heterocycles. The lowest BCUT2D eigenvalue weighted by molar-refractivity contribution is -0.385. The molecule has 0 atom stereocenters. The van der Waals surface area contributed by atoms with Crippen LogP contribution >= 0.6 is 11.6 Å². The molecule has 2 aromatic carbocycles. The zero-order chi connectivity index (χ0) is 14.5. The summed E-state index contributed by atoms with van der Waals surface area (Å²) in [6.45, 7) is 0.267. The van der Waals surface area contributed by atoms with Crippen molar-refractivity contribution in [3.05, 3.63) is 63.2 Å². The number of methoxy groups -OCH3 is 1. The first kappa shape index (κ1) is 14.1. The third kappa shape index (κ3) is 3.19. The highest BCUT2D eigenvalue weighted by Gasteiger charge is 2.16. The van der Waals surface area contributed by atoms with Gasteiger partial charge in [0, 0.05) is 24.4 Å². The van der Waals surface area contributed by atoms with Crippen LogP contribution in [0, 0.1) is 10.1 Å².